The normalized spacial score (nSPS) is 17.3. The van der Waals surface area contributed by atoms with Gasteiger partial charge in [-0.15, -0.1) is 0 Å². The number of likely N-dealkylation sites (tertiary alicyclic amines) is 1. The summed E-state index contributed by atoms with van der Waals surface area (Å²) in [6.07, 6.45) is 2.59. The maximum Gasteiger partial charge on any atom is 0.243 e. The molecule has 2 N–H and O–H groups in total. The molecule has 8 nitrogen and oxygen atoms in total. The first-order valence-electron chi connectivity index (χ1n) is 12.4. The molecule has 1 aromatic rings. The fourth-order valence-corrected chi connectivity index (χ4v) is 4.08. The molecule has 196 valence electrons. The minimum Gasteiger partial charge on any atom is -0.345 e. The second kappa shape index (κ2) is 11.7. The number of nitrogens with zero attached hydrogens (tertiary/aromatic N) is 3. The Morgan fingerprint density at radius 1 is 1.11 bits per heavy atom. The summed E-state index contributed by atoms with van der Waals surface area (Å²) < 4.78 is 27.4. The largest absolute Gasteiger partial charge is 0.345 e. The first kappa shape index (κ1) is 27.4. The average Bonchev–Trinajstić information content (AvgIpc) is 3.49. The second-order valence-electron chi connectivity index (χ2n) is 10.6. The molecule has 10 heteroatoms. The van der Waals surface area contributed by atoms with Crippen LogP contribution in [0, 0.1) is 17.0 Å². The van der Waals surface area contributed by atoms with E-state index in [0.29, 0.717) is 25.2 Å². The number of rotatable bonds is 9. The molecule has 2 heterocycles. The lowest BCUT2D eigenvalue weighted by atomic mass is 9.90. The first-order valence-corrected chi connectivity index (χ1v) is 12.4. The smallest absolute Gasteiger partial charge is 0.243 e. The molecule has 0 saturated carbocycles. The van der Waals surface area contributed by atoms with Gasteiger partial charge in [-0.25, -0.2) is 13.8 Å². The number of hydrogen-bond donors (Lipinski definition) is 2. The molecule has 0 spiro atoms. The molecule has 0 aromatic heterocycles. The van der Waals surface area contributed by atoms with Crippen LogP contribution in [0.15, 0.2) is 28.2 Å². The molecular formula is C26H35F2N5O3. The van der Waals surface area contributed by atoms with E-state index in [1.165, 1.54) is 6.07 Å². The maximum absolute atomic E-state index is 14.1. The van der Waals surface area contributed by atoms with Crippen molar-refractivity contribution in [3.8, 4) is 0 Å². The zero-order chi connectivity index (χ0) is 26.5. The average molecular weight is 504 g/mol. The Bertz CT molecular complexity index is 1060. The molecule has 1 fully saturated rings. The molecular weight excluding hydrogens is 468 g/mol. The van der Waals surface area contributed by atoms with Crippen molar-refractivity contribution in [2.45, 2.75) is 71.9 Å². The lowest BCUT2D eigenvalue weighted by molar-refractivity contribution is -0.135. The van der Waals surface area contributed by atoms with Crippen molar-refractivity contribution in [2.24, 2.45) is 15.4 Å². The maximum atomic E-state index is 14.1. The Morgan fingerprint density at radius 2 is 1.81 bits per heavy atom. The SMILES string of the molecule is C[C@H](NC(=O)[C@H](CC(=O)N1CCCC1)NC(=O)CCC(C)(C)C)C1=NCC(c2ccc(F)cc2F)=N1. The summed E-state index contributed by atoms with van der Waals surface area (Å²) in [5.74, 6) is -2.13. The van der Waals surface area contributed by atoms with Crippen LogP contribution >= 0.6 is 0 Å². The van der Waals surface area contributed by atoms with E-state index in [-0.39, 0.29) is 48.0 Å². The van der Waals surface area contributed by atoms with Crippen molar-refractivity contribution in [3.63, 3.8) is 0 Å². The number of carbonyl (C=O) groups is 3. The Morgan fingerprint density at radius 3 is 2.44 bits per heavy atom. The molecule has 36 heavy (non-hydrogen) atoms. The fraction of sp³-hybridized carbons (Fsp3) is 0.577. The topological polar surface area (TPSA) is 103 Å². The summed E-state index contributed by atoms with van der Waals surface area (Å²) >= 11 is 0. The highest BCUT2D eigenvalue weighted by Gasteiger charge is 2.30. The van der Waals surface area contributed by atoms with E-state index >= 15 is 0 Å². The van der Waals surface area contributed by atoms with Crippen LogP contribution in [0.1, 0.15) is 65.4 Å². The lowest BCUT2D eigenvalue weighted by Gasteiger charge is -2.24. The van der Waals surface area contributed by atoms with Crippen molar-refractivity contribution < 1.29 is 23.2 Å². The van der Waals surface area contributed by atoms with E-state index in [2.05, 4.69) is 20.6 Å². The first-order chi connectivity index (χ1) is 16.9. The van der Waals surface area contributed by atoms with Crippen LogP contribution in [-0.4, -0.2) is 65.9 Å². The monoisotopic (exact) mass is 503 g/mol. The van der Waals surface area contributed by atoms with Crippen LogP contribution in [0.25, 0.3) is 0 Å². The van der Waals surface area contributed by atoms with E-state index in [9.17, 15) is 23.2 Å². The molecule has 3 rings (SSSR count). The van der Waals surface area contributed by atoms with Crippen molar-refractivity contribution in [2.75, 3.05) is 19.6 Å². The minimum absolute atomic E-state index is 0.0463. The summed E-state index contributed by atoms with van der Waals surface area (Å²) in [5, 5.41) is 5.50. The van der Waals surface area contributed by atoms with Crippen molar-refractivity contribution in [1.82, 2.24) is 15.5 Å². The van der Waals surface area contributed by atoms with Gasteiger partial charge in [0.05, 0.1) is 24.7 Å². The van der Waals surface area contributed by atoms with Crippen LogP contribution < -0.4 is 10.6 Å². The Balaban J connectivity index is 1.66. The summed E-state index contributed by atoms with van der Waals surface area (Å²) in [5.41, 5.74) is 0.434. The van der Waals surface area contributed by atoms with E-state index in [4.69, 9.17) is 0 Å². The molecule has 3 amide bonds. The molecule has 1 aromatic carbocycles. The zero-order valence-corrected chi connectivity index (χ0v) is 21.4. The van der Waals surface area contributed by atoms with Crippen LogP contribution in [0.5, 0.6) is 0 Å². The van der Waals surface area contributed by atoms with Gasteiger partial charge in [0.2, 0.25) is 17.7 Å². The third kappa shape index (κ3) is 7.66. The van der Waals surface area contributed by atoms with Crippen LogP contribution in [0.2, 0.25) is 0 Å². The van der Waals surface area contributed by atoms with Crippen molar-refractivity contribution in [3.05, 3.63) is 35.4 Å². The van der Waals surface area contributed by atoms with Gasteiger partial charge in [0.15, 0.2) is 0 Å². The molecule has 0 unspecified atom stereocenters. The van der Waals surface area contributed by atoms with Crippen molar-refractivity contribution >= 4 is 29.3 Å². The summed E-state index contributed by atoms with van der Waals surface area (Å²) in [6, 6.07) is 1.56. The summed E-state index contributed by atoms with van der Waals surface area (Å²) in [7, 11) is 0. The predicted octanol–water partition coefficient (Wildman–Crippen LogP) is 2.99. The number of nitrogens with one attached hydrogen (secondary N) is 2. The number of amidine groups is 1. The van der Waals surface area contributed by atoms with E-state index < -0.39 is 29.6 Å². The number of carbonyl (C=O) groups excluding carboxylic acids is 3. The van der Waals surface area contributed by atoms with Gasteiger partial charge >= 0.3 is 0 Å². The van der Waals surface area contributed by atoms with Gasteiger partial charge in [-0.3, -0.25) is 19.4 Å². The molecule has 2 aliphatic rings. The highest BCUT2D eigenvalue weighted by Crippen LogP contribution is 2.20. The summed E-state index contributed by atoms with van der Waals surface area (Å²) in [6.45, 7) is 9.14. The van der Waals surface area contributed by atoms with E-state index in [1.807, 2.05) is 20.8 Å². The third-order valence-corrected chi connectivity index (χ3v) is 6.22. The van der Waals surface area contributed by atoms with Gasteiger partial charge in [0, 0.05) is 31.1 Å². The van der Waals surface area contributed by atoms with E-state index in [0.717, 1.165) is 25.0 Å². The van der Waals surface area contributed by atoms with E-state index in [1.54, 1.807) is 11.8 Å². The van der Waals surface area contributed by atoms with Crippen LogP contribution in [0.3, 0.4) is 0 Å². The zero-order valence-electron chi connectivity index (χ0n) is 21.4. The number of halogens is 2. The number of aliphatic imine (C=N–C) groups is 2. The van der Waals surface area contributed by atoms with Gasteiger partial charge < -0.3 is 15.5 Å². The number of benzene rings is 1. The molecule has 0 bridgehead atoms. The van der Waals surface area contributed by atoms with Gasteiger partial charge in [-0.1, -0.05) is 20.8 Å². The molecule has 0 aliphatic carbocycles. The van der Waals surface area contributed by atoms with Crippen molar-refractivity contribution in [1.29, 1.82) is 0 Å². The van der Waals surface area contributed by atoms with Crippen LogP contribution in [-0.2, 0) is 14.4 Å². The fourth-order valence-electron chi connectivity index (χ4n) is 4.08. The second-order valence-corrected chi connectivity index (χ2v) is 10.6. The van der Waals surface area contributed by atoms with Crippen LogP contribution in [0.4, 0.5) is 8.78 Å². The number of amides is 3. The standard InChI is InChI=1S/C26H35F2N5O3/c1-16(24-29-15-21(32-24)18-8-7-17(27)13-19(18)28)30-25(36)20(14-23(35)33-11-5-6-12-33)31-22(34)9-10-26(2,3)4/h7-8,13,16,20H,5-6,9-12,14-15H2,1-4H3,(H,30,36)(H,31,34)/t16-,20-/m0/s1. The highest BCUT2D eigenvalue weighted by atomic mass is 19.1. The molecule has 1 saturated heterocycles. The Kier molecular flexibility index (Phi) is 8.92. The summed E-state index contributed by atoms with van der Waals surface area (Å²) in [4.78, 5) is 48.8. The van der Waals surface area contributed by atoms with Gasteiger partial charge in [-0.2, -0.15) is 0 Å². The Hall–Kier alpha value is -3.17. The predicted molar refractivity (Wildman–Crippen MR) is 134 cm³/mol. The molecule has 0 radical (unpaired) electrons. The molecule has 2 aliphatic heterocycles. The van der Waals surface area contributed by atoms with Gasteiger partial charge in [0.1, 0.15) is 23.5 Å². The lowest BCUT2D eigenvalue weighted by Crippen LogP contribution is -2.52. The van der Waals surface area contributed by atoms with Gasteiger partial charge in [-0.05, 0) is 43.7 Å². The Labute approximate surface area is 210 Å². The van der Waals surface area contributed by atoms with Gasteiger partial charge in [0.25, 0.3) is 0 Å². The minimum atomic E-state index is -1.03. The molecule has 2 atom stereocenters. The third-order valence-electron chi connectivity index (χ3n) is 6.22. The number of hydrogen-bond acceptors (Lipinski definition) is 5. The quantitative estimate of drug-likeness (QED) is 0.542. The highest BCUT2D eigenvalue weighted by molar-refractivity contribution is 6.14.